The fourth-order valence-corrected chi connectivity index (χ4v) is 4.77. The molecule has 2 N–H and O–H groups in total. The molecule has 2 atom stereocenters. The molecule has 2 heterocycles. The van der Waals surface area contributed by atoms with E-state index in [-0.39, 0.29) is 18.0 Å². The number of Topliss-reactive ketones (excluding diaryl/α,β-unsaturated/α-hetero) is 1. The summed E-state index contributed by atoms with van der Waals surface area (Å²) in [7, 11) is 3.35. The van der Waals surface area contributed by atoms with E-state index in [2.05, 4.69) is 22.5 Å². The molecule has 0 bridgehead atoms. The third kappa shape index (κ3) is 6.84. The van der Waals surface area contributed by atoms with E-state index < -0.39 is 24.9 Å². The molecule has 10 heteroatoms. The summed E-state index contributed by atoms with van der Waals surface area (Å²) >= 11 is 0. The molecular formula is C29H32F4N4O2. The van der Waals surface area contributed by atoms with Crippen molar-refractivity contribution in [3.8, 4) is 17.6 Å². The van der Waals surface area contributed by atoms with Crippen molar-refractivity contribution in [3.05, 3.63) is 53.7 Å². The number of methoxy groups -OCH3 is 1. The number of ketones is 1. The van der Waals surface area contributed by atoms with Crippen molar-refractivity contribution in [2.24, 2.45) is 0 Å². The maximum Gasteiger partial charge on any atom is 0.406 e. The summed E-state index contributed by atoms with van der Waals surface area (Å²) in [6, 6.07) is 11.3. The Morgan fingerprint density at radius 2 is 1.97 bits per heavy atom. The Kier molecular flexibility index (Phi) is 8.70. The second kappa shape index (κ2) is 12.0. The predicted octanol–water partition coefficient (Wildman–Crippen LogP) is 5.72. The van der Waals surface area contributed by atoms with Gasteiger partial charge in [0.05, 0.1) is 36.6 Å². The van der Waals surface area contributed by atoms with Crippen molar-refractivity contribution in [1.29, 1.82) is 0 Å². The lowest BCUT2D eigenvalue weighted by Crippen LogP contribution is -2.46. The molecule has 0 saturated carbocycles. The normalized spacial score (nSPS) is 17.9. The lowest BCUT2D eigenvalue weighted by atomic mass is 10.0. The number of ether oxygens (including phenoxy) is 1. The number of benzene rings is 2. The molecule has 2 aromatic carbocycles. The number of aromatic nitrogens is 1. The molecule has 1 fully saturated rings. The zero-order valence-electron chi connectivity index (χ0n) is 22.2. The third-order valence-corrected chi connectivity index (χ3v) is 6.80. The number of hydrogen-bond donors (Lipinski definition) is 2. The molecule has 1 aliphatic heterocycles. The first-order valence-electron chi connectivity index (χ1n) is 12.8. The first-order chi connectivity index (χ1) is 18.6. The van der Waals surface area contributed by atoms with Crippen molar-refractivity contribution < 1.29 is 27.1 Å². The van der Waals surface area contributed by atoms with E-state index >= 15 is 0 Å². The van der Waals surface area contributed by atoms with E-state index in [0.29, 0.717) is 53.0 Å². The van der Waals surface area contributed by atoms with Crippen molar-refractivity contribution in [3.63, 3.8) is 0 Å². The Labute approximate surface area is 225 Å². The van der Waals surface area contributed by atoms with Gasteiger partial charge in [0, 0.05) is 36.1 Å². The quantitative estimate of drug-likeness (QED) is 0.216. The van der Waals surface area contributed by atoms with Gasteiger partial charge in [0.1, 0.15) is 18.5 Å². The number of nitrogens with zero attached hydrogens (tertiary/aromatic N) is 2. The van der Waals surface area contributed by atoms with Gasteiger partial charge in [0.15, 0.2) is 5.78 Å². The molecule has 1 saturated heterocycles. The van der Waals surface area contributed by atoms with Gasteiger partial charge in [-0.1, -0.05) is 18.9 Å². The highest BCUT2D eigenvalue weighted by Crippen LogP contribution is 2.32. The molecule has 2 unspecified atom stereocenters. The van der Waals surface area contributed by atoms with Crippen molar-refractivity contribution in [2.45, 2.75) is 44.7 Å². The van der Waals surface area contributed by atoms with E-state index in [1.54, 1.807) is 49.4 Å². The maximum absolute atomic E-state index is 14.7. The molecule has 0 spiro atoms. The zero-order chi connectivity index (χ0) is 28.2. The minimum absolute atomic E-state index is 0.0103. The third-order valence-electron chi connectivity index (χ3n) is 6.80. The lowest BCUT2D eigenvalue weighted by molar-refractivity contribution is -0.140. The highest BCUT2D eigenvalue weighted by Gasteiger charge is 2.31. The van der Waals surface area contributed by atoms with Crippen LogP contribution in [0.15, 0.2) is 42.5 Å². The average molecular weight is 545 g/mol. The van der Waals surface area contributed by atoms with Crippen LogP contribution in [0.5, 0.6) is 5.75 Å². The Balaban J connectivity index is 1.59. The first-order valence-corrected chi connectivity index (χ1v) is 12.8. The number of halogens is 4. The fraction of sp³-hybridized carbons (Fsp3) is 0.414. The molecule has 0 amide bonds. The molecule has 208 valence electrons. The van der Waals surface area contributed by atoms with E-state index in [1.807, 2.05) is 11.9 Å². The van der Waals surface area contributed by atoms with Gasteiger partial charge >= 0.3 is 6.18 Å². The molecular weight excluding hydrogens is 512 g/mol. The predicted molar refractivity (Wildman–Crippen MR) is 145 cm³/mol. The highest BCUT2D eigenvalue weighted by atomic mass is 19.4. The number of alkyl halides is 4. The number of carbonyl (C=O) groups excluding carboxylic acids is 1. The summed E-state index contributed by atoms with van der Waals surface area (Å²) in [6.07, 6.45) is -4.58. The standard InChI is InChI=1S/C29H32F4N4O2/c1-4-27(38)19-10-11-25(28(15-19)39-3)34-13-6-7-20-16-21-23(35-24-12-14-36(2)17-22(24)30)8-5-9-26(21)37(20)18-29(31,32)33/h5,8-11,15-16,22,24,34-35H,4,12-14,17-18H2,1-3H3. The minimum atomic E-state index is -4.45. The van der Waals surface area contributed by atoms with Crippen LogP contribution in [0.2, 0.25) is 0 Å². The summed E-state index contributed by atoms with van der Waals surface area (Å²) in [6.45, 7) is 1.75. The van der Waals surface area contributed by atoms with Crippen LogP contribution >= 0.6 is 0 Å². The second-order valence-electron chi connectivity index (χ2n) is 9.63. The van der Waals surface area contributed by atoms with E-state index in [9.17, 15) is 22.4 Å². The number of nitrogens with one attached hydrogen (secondary N) is 2. The number of anilines is 2. The fourth-order valence-electron chi connectivity index (χ4n) is 4.77. The lowest BCUT2D eigenvalue weighted by Gasteiger charge is -2.33. The Morgan fingerprint density at radius 3 is 2.67 bits per heavy atom. The minimum Gasteiger partial charge on any atom is -0.495 e. The SMILES string of the molecule is CCC(=O)c1ccc(NCC#Cc2cc3c(NC4CCN(C)CC4F)cccc3n2CC(F)(F)F)c(OC)c1. The van der Waals surface area contributed by atoms with Crippen LogP contribution in [0.25, 0.3) is 10.9 Å². The van der Waals surface area contributed by atoms with Crippen molar-refractivity contribution in [2.75, 3.05) is 44.4 Å². The second-order valence-corrected chi connectivity index (χ2v) is 9.63. The van der Waals surface area contributed by atoms with Crippen LogP contribution in [-0.2, 0) is 6.54 Å². The van der Waals surface area contributed by atoms with Gasteiger partial charge in [-0.2, -0.15) is 13.2 Å². The number of rotatable bonds is 8. The molecule has 0 radical (unpaired) electrons. The van der Waals surface area contributed by atoms with Gasteiger partial charge in [-0.15, -0.1) is 0 Å². The Morgan fingerprint density at radius 1 is 1.18 bits per heavy atom. The molecule has 3 aromatic rings. The first kappa shape index (κ1) is 28.3. The highest BCUT2D eigenvalue weighted by molar-refractivity contribution is 5.97. The molecule has 1 aromatic heterocycles. The van der Waals surface area contributed by atoms with Crippen LogP contribution in [0.4, 0.5) is 28.9 Å². The largest absolute Gasteiger partial charge is 0.495 e. The average Bonchev–Trinajstić information content (AvgIpc) is 3.24. The number of piperidine rings is 1. The van der Waals surface area contributed by atoms with Crippen LogP contribution in [0.3, 0.4) is 0 Å². The Bertz CT molecular complexity index is 1390. The van der Waals surface area contributed by atoms with Gasteiger partial charge in [0.25, 0.3) is 0 Å². The monoisotopic (exact) mass is 544 g/mol. The number of carbonyl (C=O) groups is 1. The smallest absolute Gasteiger partial charge is 0.406 e. The van der Waals surface area contributed by atoms with Crippen LogP contribution in [0, 0.1) is 11.8 Å². The van der Waals surface area contributed by atoms with Crippen LogP contribution < -0.4 is 15.4 Å². The summed E-state index contributed by atoms with van der Waals surface area (Å²) < 4.78 is 61.7. The van der Waals surface area contributed by atoms with E-state index in [1.165, 1.54) is 7.11 Å². The maximum atomic E-state index is 14.7. The zero-order valence-corrected chi connectivity index (χ0v) is 22.2. The van der Waals surface area contributed by atoms with Gasteiger partial charge in [-0.05, 0) is 55.8 Å². The molecule has 39 heavy (non-hydrogen) atoms. The summed E-state index contributed by atoms with van der Waals surface area (Å²) in [5.41, 5.74) is 2.30. The number of hydrogen-bond acceptors (Lipinski definition) is 5. The van der Waals surface area contributed by atoms with Crippen molar-refractivity contribution >= 4 is 28.1 Å². The van der Waals surface area contributed by atoms with Gasteiger partial charge in [0.2, 0.25) is 0 Å². The summed E-state index contributed by atoms with van der Waals surface area (Å²) in [4.78, 5) is 13.9. The Hall–Kier alpha value is -3.71. The molecule has 6 nitrogen and oxygen atoms in total. The number of fused-ring (bicyclic) bond motifs is 1. The summed E-state index contributed by atoms with van der Waals surface area (Å²) in [5, 5.41) is 6.87. The topological polar surface area (TPSA) is 58.5 Å². The summed E-state index contributed by atoms with van der Waals surface area (Å²) in [5.74, 6) is 6.22. The van der Waals surface area contributed by atoms with Gasteiger partial charge < -0.3 is 24.8 Å². The van der Waals surface area contributed by atoms with Gasteiger partial charge in [-0.25, -0.2) is 4.39 Å². The molecule has 1 aliphatic rings. The van der Waals surface area contributed by atoms with Crippen LogP contribution in [0.1, 0.15) is 35.8 Å². The van der Waals surface area contributed by atoms with E-state index in [4.69, 9.17) is 4.74 Å². The van der Waals surface area contributed by atoms with E-state index in [0.717, 1.165) is 11.1 Å². The number of likely N-dealkylation sites (tertiary alicyclic amines) is 1. The van der Waals surface area contributed by atoms with Crippen LogP contribution in [-0.4, -0.2) is 67.4 Å². The van der Waals surface area contributed by atoms with Gasteiger partial charge in [-0.3, -0.25) is 4.79 Å². The van der Waals surface area contributed by atoms with Crippen molar-refractivity contribution in [1.82, 2.24) is 9.47 Å². The molecule has 4 rings (SSSR count). The molecule has 0 aliphatic carbocycles.